The number of aliphatic hydroxyl groups is 1. The molecule has 0 fully saturated rings. The number of aryl methyl sites for hydroxylation is 1. The first-order chi connectivity index (χ1) is 13.1. The summed E-state index contributed by atoms with van der Waals surface area (Å²) in [7, 11) is 4.71. The number of phenolic OH excluding ortho intramolecular Hbond substituents is 1. The number of ether oxygens (including phenoxy) is 4. The summed E-state index contributed by atoms with van der Waals surface area (Å²) in [6.45, 7) is 0.454. The summed E-state index contributed by atoms with van der Waals surface area (Å²) >= 11 is 0. The Morgan fingerprint density at radius 1 is 1.00 bits per heavy atom. The molecule has 0 saturated carbocycles. The summed E-state index contributed by atoms with van der Waals surface area (Å²) in [4.78, 5) is 0. The summed E-state index contributed by atoms with van der Waals surface area (Å²) in [6, 6.07) is 9.15. The molecule has 146 valence electrons. The number of hydrogen-bond acceptors (Lipinski definition) is 6. The lowest BCUT2D eigenvalue weighted by atomic mass is 9.84. The first kappa shape index (κ1) is 19.3. The van der Waals surface area contributed by atoms with E-state index in [9.17, 15) is 10.2 Å². The van der Waals surface area contributed by atoms with E-state index in [1.54, 1.807) is 20.3 Å². The normalized spacial score (nSPS) is 19.6. The Morgan fingerprint density at radius 2 is 1.74 bits per heavy atom. The highest BCUT2D eigenvalue weighted by Gasteiger charge is 2.30. The number of phenols is 1. The Kier molecular flexibility index (Phi) is 6.08. The predicted octanol–water partition coefficient (Wildman–Crippen LogP) is 3.20. The van der Waals surface area contributed by atoms with Gasteiger partial charge in [-0.2, -0.15) is 0 Å². The maximum Gasteiger partial charge on any atom is 0.161 e. The van der Waals surface area contributed by atoms with Gasteiger partial charge in [0.2, 0.25) is 0 Å². The first-order valence-corrected chi connectivity index (χ1v) is 8.97. The van der Waals surface area contributed by atoms with Crippen LogP contribution in [0.1, 0.15) is 35.1 Å². The third-order valence-corrected chi connectivity index (χ3v) is 5.03. The first-order valence-electron chi connectivity index (χ1n) is 8.97. The van der Waals surface area contributed by atoms with Gasteiger partial charge in [0.15, 0.2) is 23.0 Å². The van der Waals surface area contributed by atoms with Crippen molar-refractivity contribution >= 4 is 0 Å². The van der Waals surface area contributed by atoms with Gasteiger partial charge in [0.1, 0.15) is 0 Å². The lowest BCUT2D eigenvalue weighted by Crippen LogP contribution is -2.22. The Hall–Kier alpha value is -2.44. The Balaban J connectivity index is 2.07. The smallest absolute Gasteiger partial charge is 0.161 e. The Bertz CT molecular complexity index is 788. The van der Waals surface area contributed by atoms with Gasteiger partial charge in [-0.25, -0.2) is 0 Å². The number of benzene rings is 2. The third kappa shape index (κ3) is 3.82. The molecule has 0 bridgehead atoms. The number of methoxy groups -OCH3 is 3. The minimum absolute atomic E-state index is 0.0568. The number of rotatable bonds is 5. The molecule has 0 radical (unpaired) electrons. The van der Waals surface area contributed by atoms with Gasteiger partial charge in [0.05, 0.1) is 34.0 Å². The second-order valence-electron chi connectivity index (χ2n) is 6.52. The molecule has 0 aromatic heterocycles. The fourth-order valence-corrected chi connectivity index (χ4v) is 3.66. The van der Waals surface area contributed by atoms with Crippen LogP contribution < -0.4 is 14.2 Å². The van der Waals surface area contributed by atoms with E-state index in [1.807, 2.05) is 24.3 Å². The summed E-state index contributed by atoms with van der Waals surface area (Å²) in [6.07, 6.45) is 1.26. The standard InChI is InChI=1S/C21H26O6/c1-24-18-7-6-14(10-20(18)26-3)21-16(12-22)15-11-17(23)19(25-2)9-13(15)5-4-8-27-21/h6-7,9-11,16,21-23H,4-5,8,12H2,1-3H3/t16-,21-/m1/s1. The molecule has 3 rings (SSSR count). The van der Waals surface area contributed by atoms with E-state index in [1.165, 1.54) is 7.11 Å². The topological polar surface area (TPSA) is 77.4 Å². The number of aliphatic hydroxyl groups excluding tert-OH is 1. The van der Waals surface area contributed by atoms with E-state index in [-0.39, 0.29) is 24.4 Å². The molecule has 1 heterocycles. The molecule has 0 unspecified atom stereocenters. The van der Waals surface area contributed by atoms with Crippen LogP contribution in [0.3, 0.4) is 0 Å². The van der Waals surface area contributed by atoms with Gasteiger partial charge in [0, 0.05) is 12.5 Å². The van der Waals surface area contributed by atoms with Crippen molar-refractivity contribution < 1.29 is 29.2 Å². The molecule has 2 N–H and O–H groups in total. The Morgan fingerprint density at radius 3 is 2.41 bits per heavy atom. The van der Waals surface area contributed by atoms with E-state index in [4.69, 9.17) is 18.9 Å². The van der Waals surface area contributed by atoms with Crippen LogP contribution in [0.2, 0.25) is 0 Å². The van der Waals surface area contributed by atoms with Crippen LogP contribution in [-0.4, -0.2) is 44.8 Å². The monoisotopic (exact) mass is 374 g/mol. The van der Waals surface area contributed by atoms with Gasteiger partial charge in [-0.3, -0.25) is 0 Å². The van der Waals surface area contributed by atoms with Crippen molar-refractivity contribution in [1.82, 2.24) is 0 Å². The van der Waals surface area contributed by atoms with Crippen molar-refractivity contribution in [2.45, 2.75) is 24.9 Å². The highest BCUT2D eigenvalue weighted by molar-refractivity contribution is 5.50. The number of fused-ring (bicyclic) bond motifs is 1. The fraction of sp³-hybridized carbons (Fsp3) is 0.429. The highest BCUT2D eigenvalue weighted by atomic mass is 16.5. The van der Waals surface area contributed by atoms with Crippen molar-refractivity contribution in [3.63, 3.8) is 0 Å². The maximum atomic E-state index is 10.3. The number of hydrogen-bond donors (Lipinski definition) is 2. The molecule has 2 atom stereocenters. The average Bonchev–Trinajstić information content (AvgIpc) is 2.69. The van der Waals surface area contributed by atoms with Crippen LogP contribution in [0.25, 0.3) is 0 Å². The minimum Gasteiger partial charge on any atom is -0.504 e. The zero-order chi connectivity index (χ0) is 19.4. The van der Waals surface area contributed by atoms with E-state index in [0.29, 0.717) is 23.9 Å². The van der Waals surface area contributed by atoms with Gasteiger partial charge >= 0.3 is 0 Å². The van der Waals surface area contributed by atoms with Crippen molar-refractivity contribution in [2.24, 2.45) is 0 Å². The quantitative estimate of drug-likeness (QED) is 0.837. The average molecular weight is 374 g/mol. The molecule has 6 heteroatoms. The maximum absolute atomic E-state index is 10.3. The number of aromatic hydroxyl groups is 1. The molecule has 0 aliphatic carbocycles. The van der Waals surface area contributed by atoms with E-state index < -0.39 is 0 Å². The molecule has 0 spiro atoms. The van der Waals surface area contributed by atoms with Gasteiger partial charge < -0.3 is 29.2 Å². The van der Waals surface area contributed by atoms with Gasteiger partial charge in [-0.05, 0) is 53.8 Å². The zero-order valence-electron chi connectivity index (χ0n) is 15.9. The van der Waals surface area contributed by atoms with Crippen LogP contribution in [0.4, 0.5) is 0 Å². The second kappa shape index (κ2) is 8.50. The molecule has 1 aliphatic heterocycles. The molecule has 2 aromatic rings. The minimum atomic E-state index is -0.373. The molecule has 27 heavy (non-hydrogen) atoms. The summed E-state index contributed by atoms with van der Waals surface area (Å²) < 4.78 is 22.1. The van der Waals surface area contributed by atoms with Gasteiger partial charge in [-0.15, -0.1) is 0 Å². The van der Waals surface area contributed by atoms with Crippen molar-refractivity contribution in [1.29, 1.82) is 0 Å². The van der Waals surface area contributed by atoms with Crippen LogP contribution >= 0.6 is 0 Å². The van der Waals surface area contributed by atoms with Crippen molar-refractivity contribution in [2.75, 3.05) is 34.5 Å². The molecule has 6 nitrogen and oxygen atoms in total. The summed E-state index contributed by atoms with van der Waals surface area (Å²) in [5.41, 5.74) is 2.81. The SMILES string of the molecule is COc1cc2c(cc1O)[C@@H](CO)[C@@H](c1ccc(OC)c(OC)c1)OCCC2. The lowest BCUT2D eigenvalue weighted by Gasteiger charge is -2.31. The van der Waals surface area contributed by atoms with Crippen LogP contribution in [0.5, 0.6) is 23.0 Å². The molecule has 1 aliphatic rings. The second-order valence-corrected chi connectivity index (χ2v) is 6.52. The molecule has 0 saturated heterocycles. The molecular weight excluding hydrogens is 348 g/mol. The highest BCUT2D eigenvalue weighted by Crippen LogP contribution is 2.43. The van der Waals surface area contributed by atoms with E-state index in [0.717, 1.165) is 29.5 Å². The van der Waals surface area contributed by atoms with Crippen LogP contribution in [-0.2, 0) is 11.2 Å². The summed E-state index contributed by atoms with van der Waals surface area (Å²) in [5, 5.41) is 20.4. The van der Waals surface area contributed by atoms with E-state index in [2.05, 4.69) is 0 Å². The van der Waals surface area contributed by atoms with E-state index >= 15 is 0 Å². The lowest BCUT2D eigenvalue weighted by molar-refractivity contribution is 0.0130. The van der Waals surface area contributed by atoms with Crippen molar-refractivity contribution in [3.8, 4) is 23.0 Å². The predicted molar refractivity (Wildman–Crippen MR) is 101 cm³/mol. The summed E-state index contributed by atoms with van der Waals surface area (Å²) in [5.74, 6) is 1.41. The largest absolute Gasteiger partial charge is 0.504 e. The third-order valence-electron chi connectivity index (χ3n) is 5.03. The molecular formula is C21H26O6. The van der Waals surface area contributed by atoms with Crippen molar-refractivity contribution in [3.05, 3.63) is 47.0 Å². The van der Waals surface area contributed by atoms with Gasteiger partial charge in [-0.1, -0.05) is 6.07 Å². The molecule has 0 amide bonds. The fourth-order valence-electron chi connectivity index (χ4n) is 3.66. The zero-order valence-corrected chi connectivity index (χ0v) is 15.9. The van der Waals surface area contributed by atoms with Crippen LogP contribution in [0.15, 0.2) is 30.3 Å². The molecule has 2 aromatic carbocycles. The van der Waals surface area contributed by atoms with Crippen LogP contribution in [0, 0.1) is 0 Å². The Labute approximate surface area is 159 Å². The van der Waals surface area contributed by atoms with Gasteiger partial charge in [0.25, 0.3) is 0 Å².